The number of hydrogen-bond donors (Lipinski definition) is 1. The Morgan fingerprint density at radius 3 is 2.71 bits per heavy atom. The van der Waals surface area contributed by atoms with Crippen molar-refractivity contribution in [3.05, 3.63) is 54.4 Å². The summed E-state index contributed by atoms with van der Waals surface area (Å²) in [7, 11) is 0. The molecule has 0 unspecified atom stereocenters. The van der Waals surface area contributed by atoms with E-state index in [1.165, 1.54) is 24.7 Å². The topological polar surface area (TPSA) is 81.7 Å². The molecular weight excluding hydrogens is 274 g/mol. The molecule has 0 spiro atoms. The number of carbonyl (C=O) groups excluding carboxylic acids is 2. The van der Waals surface area contributed by atoms with Gasteiger partial charge in [0.05, 0.1) is 18.6 Å². The molecule has 2 heterocycles. The van der Waals surface area contributed by atoms with Crippen molar-refractivity contribution in [3.8, 4) is 0 Å². The van der Waals surface area contributed by atoms with Crippen LogP contribution < -0.4 is 5.32 Å². The fourth-order valence-electron chi connectivity index (χ4n) is 1.61. The van der Waals surface area contributed by atoms with Gasteiger partial charge in [0.2, 0.25) is 0 Å². The minimum Gasteiger partial charge on any atom is -0.467 e. The Hall–Kier alpha value is -2.76. The Balaban J connectivity index is 1.72. The summed E-state index contributed by atoms with van der Waals surface area (Å²) in [5.41, 5.74) is 0. The lowest BCUT2D eigenvalue weighted by Crippen LogP contribution is -2.30. The first-order valence-electron chi connectivity index (χ1n) is 6.36. The van der Waals surface area contributed by atoms with Gasteiger partial charge in [0.15, 0.2) is 6.61 Å². The van der Waals surface area contributed by atoms with E-state index in [-0.39, 0.29) is 12.6 Å². The zero-order valence-electron chi connectivity index (χ0n) is 11.4. The van der Waals surface area contributed by atoms with Crippen molar-refractivity contribution < 1.29 is 23.2 Å². The maximum atomic E-state index is 11.6. The average Bonchev–Trinajstić information content (AvgIpc) is 3.15. The summed E-state index contributed by atoms with van der Waals surface area (Å²) in [4.78, 5) is 23.0. The van der Waals surface area contributed by atoms with Crippen molar-refractivity contribution in [2.75, 3.05) is 6.61 Å². The molecule has 2 aromatic heterocycles. The second-order valence-electron chi connectivity index (χ2n) is 4.26. The van der Waals surface area contributed by atoms with Crippen molar-refractivity contribution in [2.24, 2.45) is 0 Å². The second kappa shape index (κ2) is 7.14. The first-order chi connectivity index (χ1) is 10.1. The summed E-state index contributed by atoms with van der Waals surface area (Å²) in [5, 5.41) is 2.65. The number of rotatable bonds is 6. The number of furan rings is 2. The molecule has 110 valence electrons. The van der Waals surface area contributed by atoms with Crippen molar-refractivity contribution in [1.82, 2.24) is 5.32 Å². The van der Waals surface area contributed by atoms with Gasteiger partial charge in [0.1, 0.15) is 11.5 Å². The van der Waals surface area contributed by atoms with E-state index in [2.05, 4.69) is 5.32 Å². The van der Waals surface area contributed by atoms with Crippen LogP contribution in [0.4, 0.5) is 0 Å². The summed E-state index contributed by atoms with van der Waals surface area (Å²) in [5.74, 6) is 0.140. The van der Waals surface area contributed by atoms with Crippen LogP contribution in [0.3, 0.4) is 0 Å². The number of esters is 1. The van der Waals surface area contributed by atoms with E-state index in [4.69, 9.17) is 13.6 Å². The van der Waals surface area contributed by atoms with E-state index in [0.717, 1.165) is 0 Å². The molecule has 0 bridgehead atoms. The van der Waals surface area contributed by atoms with Gasteiger partial charge in [0.25, 0.3) is 5.91 Å². The monoisotopic (exact) mass is 289 g/mol. The highest BCUT2D eigenvalue weighted by atomic mass is 16.5. The molecule has 0 radical (unpaired) electrons. The lowest BCUT2D eigenvalue weighted by molar-refractivity contribution is -0.144. The number of amides is 1. The van der Waals surface area contributed by atoms with Crippen LogP contribution in [0.5, 0.6) is 0 Å². The molecule has 6 heteroatoms. The Labute approximate surface area is 121 Å². The highest BCUT2D eigenvalue weighted by molar-refractivity contribution is 5.88. The normalized spacial score (nSPS) is 12.2. The van der Waals surface area contributed by atoms with Gasteiger partial charge < -0.3 is 18.9 Å². The molecule has 1 atom stereocenters. The molecule has 0 aliphatic carbocycles. The quantitative estimate of drug-likeness (QED) is 0.652. The van der Waals surface area contributed by atoms with Crippen LogP contribution in [0.1, 0.15) is 24.5 Å². The number of carbonyl (C=O) groups is 2. The molecule has 1 N–H and O–H groups in total. The molecule has 6 nitrogen and oxygen atoms in total. The van der Waals surface area contributed by atoms with Crippen molar-refractivity contribution >= 4 is 18.0 Å². The van der Waals surface area contributed by atoms with Crippen LogP contribution >= 0.6 is 0 Å². The fourth-order valence-corrected chi connectivity index (χ4v) is 1.61. The Bertz CT molecular complexity index is 598. The number of ether oxygens (including phenoxy) is 1. The molecule has 0 saturated carbocycles. The third kappa shape index (κ3) is 4.68. The molecule has 2 rings (SSSR count). The Kier molecular flexibility index (Phi) is 4.98. The average molecular weight is 289 g/mol. The van der Waals surface area contributed by atoms with E-state index in [0.29, 0.717) is 11.5 Å². The minimum absolute atomic E-state index is 0.287. The number of nitrogens with one attached hydrogen (secondary N) is 1. The number of hydrogen-bond acceptors (Lipinski definition) is 5. The van der Waals surface area contributed by atoms with Gasteiger partial charge in [0, 0.05) is 6.08 Å². The van der Waals surface area contributed by atoms with E-state index in [9.17, 15) is 9.59 Å². The van der Waals surface area contributed by atoms with Crippen LogP contribution in [0.2, 0.25) is 0 Å². The zero-order valence-corrected chi connectivity index (χ0v) is 11.4. The predicted molar refractivity (Wildman–Crippen MR) is 74.0 cm³/mol. The van der Waals surface area contributed by atoms with E-state index in [1.54, 1.807) is 31.2 Å². The van der Waals surface area contributed by atoms with Gasteiger partial charge >= 0.3 is 5.97 Å². The standard InChI is InChI=1S/C15H15NO5/c1-11(13-5-3-9-20-13)16-14(17)10-21-15(18)7-6-12-4-2-8-19-12/h2-9,11H,10H2,1H3,(H,16,17)/b7-6+/t11-/m0/s1. The van der Waals surface area contributed by atoms with Gasteiger partial charge in [-0.25, -0.2) is 4.79 Å². The minimum atomic E-state index is -0.618. The van der Waals surface area contributed by atoms with Crippen molar-refractivity contribution in [3.63, 3.8) is 0 Å². The van der Waals surface area contributed by atoms with Gasteiger partial charge in [-0.15, -0.1) is 0 Å². The molecule has 0 saturated heterocycles. The van der Waals surface area contributed by atoms with Crippen molar-refractivity contribution in [1.29, 1.82) is 0 Å². The molecule has 21 heavy (non-hydrogen) atoms. The predicted octanol–water partition coefficient (Wildman–Crippen LogP) is 2.31. The van der Waals surface area contributed by atoms with E-state index >= 15 is 0 Å². The summed E-state index contributed by atoms with van der Waals surface area (Å²) in [6.07, 6.45) is 5.68. The van der Waals surface area contributed by atoms with E-state index < -0.39 is 11.9 Å². The van der Waals surface area contributed by atoms with Crippen LogP contribution in [-0.2, 0) is 14.3 Å². The van der Waals surface area contributed by atoms with Crippen molar-refractivity contribution in [2.45, 2.75) is 13.0 Å². The lowest BCUT2D eigenvalue weighted by atomic mass is 10.2. The first-order valence-corrected chi connectivity index (χ1v) is 6.36. The highest BCUT2D eigenvalue weighted by Crippen LogP contribution is 2.11. The van der Waals surface area contributed by atoms with Crippen LogP contribution in [0, 0.1) is 0 Å². The van der Waals surface area contributed by atoms with Gasteiger partial charge in [-0.3, -0.25) is 4.79 Å². The molecule has 0 aromatic carbocycles. The highest BCUT2D eigenvalue weighted by Gasteiger charge is 2.12. The Morgan fingerprint density at radius 1 is 1.29 bits per heavy atom. The fraction of sp³-hybridized carbons (Fsp3) is 0.200. The van der Waals surface area contributed by atoms with Gasteiger partial charge in [-0.1, -0.05) is 0 Å². The molecule has 1 amide bonds. The zero-order chi connectivity index (χ0) is 15.1. The van der Waals surface area contributed by atoms with Crippen LogP contribution in [-0.4, -0.2) is 18.5 Å². The second-order valence-corrected chi connectivity index (χ2v) is 4.26. The van der Waals surface area contributed by atoms with Gasteiger partial charge in [-0.2, -0.15) is 0 Å². The van der Waals surface area contributed by atoms with Crippen LogP contribution in [0.15, 0.2) is 51.7 Å². The third-order valence-corrected chi connectivity index (χ3v) is 2.62. The van der Waals surface area contributed by atoms with Crippen LogP contribution in [0.25, 0.3) is 6.08 Å². The first kappa shape index (κ1) is 14.6. The summed E-state index contributed by atoms with van der Waals surface area (Å²) in [6.45, 7) is 1.42. The SMILES string of the molecule is C[C@H](NC(=O)COC(=O)/C=C/c1ccco1)c1ccco1. The molecule has 0 fully saturated rings. The molecule has 2 aromatic rings. The Morgan fingerprint density at radius 2 is 2.05 bits per heavy atom. The molecule has 0 aliphatic heterocycles. The molecular formula is C15H15NO5. The summed E-state index contributed by atoms with van der Waals surface area (Å²) >= 11 is 0. The van der Waals surface area contributed by atoms with Gasteiger partial charge in [-0.05, 0) is 37.3 Å². The maximum Gasteiger partial charge on any atom is 0.331 e. The summed E-state index contributed by atoms with van der Waals surface area (Å²) in [6, 6.07) is 6.60. The third-order valence-electron chi connectivity index (χ3n) is 2.62. The molecule has 0 aliphatic rings. The van der Waals surface area contributed by atoms with E-state index in [1.807, 2.05) is 0 Å². The smallest absolute Gasteiger partial charge is 0.331 e. The largest absolute Gasteiger partial charge is 0.467 e. The summed E-state index contributed by atoms with van der Waals surface area (Å²) < 4.78 is 15.0. The maximum absolute atomic E-state index is 11.6. The lowest BCUT2D eigenvalue weighted by Gasteiger charge is -2.10.